The van der Waals surface area contributed by atoms with Gasteiger partial charge in [0.25, 0.3) is 0 Å². The summed E-state index contributed by atoms with van der Waals surface area (Å²) in [7, 11) is 3.93. The minimum absolute atomic E-state index is 0.841. The smallest absolute Gasteiger partial charge is 0.159 e. The highest BCUT2D eigenvalue weighted by Gasteiger charge is 2.14. The molecule has 5 nitrogen and oxygen atoms in total. The van der Waals surface area contributed by atoms with Crippen molar-refractivity contribution in [2.45, 2.75) is 0 Å². The minimum atomic E-state index is 0.841. The van der Waals surface area contributed by atoms with Gasteiger partial charge in [0, 0.05) is 50.6 Å². The van der Waals surface area contributed by atoms with Gasteiger partial charge in [-0.05, 0) is 12.1 Å². The van der Waals surface area contributed by atoms with E-state index in [0.717, 1.165) is 22.9 Å². The van der Waals surface area contributed by atoms with E-state index in [1.807, 2.05) is 47.8 Å². The van der Waals surface area contributed by atoms with E-state index in [1.54, 1.807) is 18.6 Å². The largest absolute Gasteiger partial charge is 0.334 e. The normalized spacial score (nSPS) is 10.8. The molecule has 0 saturated carbocycles. The lowest BCUT2D eigenvalue weighted by molar-refractivity contribution is 0.908. The second-order valence-electron chi connectivity index (χ2n) is 4.12. The molecule has 0 amide bonds. The van der Waals surface area contributed by atoms with Gasteiger partial charge < -0.3 is 9.13 Å². The molecule has 3 heterocycles. The predicted molar refractivity (Wildman–Crippen MR) is 68.6 cm³/mol. The first-order valence-corrected chi connectivity index (χ1v) is 5.68. The van der Waals surface area contributed by atoms with Crippen LogP contribution in [0.4, 0.5) is 0 Å². The van der Waals surface area contributed by atoms with Gasteiger partial charge in [0.15, 0.2) is 5.82 Å². The third kappa shape index (κ3) is 1.60. The zero-order valence-corrected chi connectivity index (χ0v) is 10.3. The van der Waals surface area contributed by atoms with Gasteiger partial charge in [-0.15, -0.1) is 0 Å². The average molecular weight is 239 g/mol. The lowest BCUT2D eigenvalue weighted by Crippen LogP contribution is -1.99. The van der Waals surface area contributed by atoms with Gasteiger partial charge in [-0.2, -0.15) is 0 Å². The Morgan fingerprint density at radius 1 is 0.833 bits per heavy atom. The van der Waals surface area contributed by atoms with E-state index < -0.39 is 0 Å². The molecule has 0 saturated heterocycles. The molecule has 0 N–H and O–H groups in total. The third-order valence-electron chi connectivity index (χ3n) is 2.90. The van der Waals surface area contributed by atoms with Crippen LogP contribution in [0.3, 0.4) is 0 Å². The Labute approximate surface area is 105 Å². The lowest BCUT2D eigenvalue weighted by Gasteiger charge is -2.08. The molecular formula is C13H13N5. The summed E-state index contributed by atoms with van der Waals surface area (Å²) in [5.74, 6) is 1.73. The molecule has 0 unspecified atom stereocenters. The Hall–Kier alpha value is -2.43. The van der Waals surface area contributed by atoms with Crippen LogP contribution in [-0.2, 0) is 14.1 Å². The summed E-state index contributed by atoms with van der Waals surface area (Å²) in [5, 5.41) is 0. The second kappa shape index (κ2) is 4.10. The van der Waals surface area contributed by atoms with Crippen LogP contribution in [-0.4, -0.2) is 24.1 Å². The molecule has 90 valence electrons. The van der Waals surface area contributed by atoms with Crippen molar-refractivity contribution in [3.05, 3.63) is 43.1 Å². The molecule has 18 heavy (non-hydrogen) atoms. The van der Waals surface area contributed by atoms with Crippen molar-refractivity contribution in [1.82, 2.24) is 24.1 Å². The number of aryl methyl sites for hydroxylation is 2. The highest BCUT2D eigenvalue weighted by atomic mass is 15.1. The van der Waals surface area contributed by atoms with Crippen molar-refractivity contribution in [2.75, 3.05) is 0 Å². The quantitative estimate of drug-likeness (QED) is 0.686. The number of aromatic nitrogens is 5. The average Bonchev–Trinajstić information content (AvgIpc) is 2.98. The van der Waals surface area contributed by atoms with Crippen LogP contribution in [0, 0.1) is 0 Å². The molecule has 0 atom stereocenters. The molecule has 0 aliphatic carbocycles. The highest BCUT2D eigenvalue weighted by Crippen LogP contribution is 2.27. The number of nitrogens with zero attached hydrogens (tertiary/aromatic N) is 5. The number of hydrogen-bond donors (Lipinski definition) is 0. The summed E-state index contributed by atoms with van der Waals surface area (Å²) >= 11 is 0. The fourth-order valence-corrected chi connectivity index (χ4v) is 1.98. The van der Waals surface area contributed by atoms with E-state index in [9.17, 15) is 0 Å². The zero-order chi connectivity index (χ0) is 12.5. The Morgan fingerprint density at radius 2 is 1.50 bits per heavy atom. The first-order valence-electron chi connectivity index (χ1n) is 5.68. The molecule has 0 aliphatic rings. The van der Waals surface area contributed by atoms with Gasteiger partial charge >= 0.3 is 0 Å². The molecule has 3 aromatic heterocycles. The summed E-state index contributed by atoms with van der Waals surface area (Å²) in [6, 6.07) is 3.93. The van der Waals surface area contributed by atoms with Crippen LogP contribution >= 0.6 is 0 Å². The van der Waals surface area contributed by atoms with Crippen molar-refractivity contribution < 1.29 is 0 Å². The fourth-order valence-electron chi connectivity index (χ4n) is 1.98. The number of hydrogen-bond acceptors (Lipinski definition) is 3. The molecule has 0 radical (unpaired) electrons. The molecule has 0 spiro atoms. The van der Waals surface area contributed by atoms with Crippen LogP contribution in [0.1, 0.15) is 0 Å². The predicted octanol–water partition coefficient (Wildman–Crippen LogP) is 1.88. The van der Waals surface area contributed by atoms with E-state index in [4.69, 9.17) is 0 Å². The summed E-state index contributed by atoms with van der Waals surface area (Å²) in [4.78, 5) is 13.2. The van der Waals surface area contributed by atoms with Crippen molar-refractivity contribution >= 4 is 0 Å². The highest BCUT2D eigenvalue weighted by molar-refractivity contribution is 5.74. The van der Waals surface area contributed by atoms with Gasteiger partial charge in [-0.3, -0.25) is 4.98 Å². The topological polar surface area (TPSA) is 48.5 Å². The van der Waals surface area contributed by atoms with Crippen molar-refractivity contribution in [2.24, 2.45) is 14.1 Å². The summed E-state index contributed by atoms with van der Waals surface area (Å²) in [6.45, 7) is 0. The Balaban J connectivity index is 2.24. The van der Waals surface area contributed by atoms with E-state index in [-0.39, 0.29) is 0 Å². The molecule has 3 rings (SSSR count). The van der Waals surface area contributed by atoms with E-state index in [1.165, 1.54) is 0 Å². The fraction of sp³-hybridized carbons (Fsp3) is 0.154. The van der Waals surface area contributed by atoms with Crippen molar-refractivity contribution in [3.63, 3.8) is 0 Å². The Bertz CT molecular complexity index is 621. The van der Waals surface area contributed by atoms with Gasteiger partial charge in [0.05, 0.1) is 0 Å². The van der Waals surface area contributed by atoms with Crippen LogP contribution in [0.5, 0.6) is 0 Å². The summed E-state index contributed by atoms with van der Waals surface area (Å²) in [6.07, 6.45) is 9.16. The molecule has 3 aromatic rings. The van der Waals surface area contributed by atoms with Gasteiger partial charge in [-0.25, -0.2) is 9.97 Å². The van der Waals surface area contributed by atoms with E-state index in [2.05, 4.69) is 15.0 Å². The molecule has 0 bridgehead atoms. The first kappa shape index (κ1) is 10.7. The molecule has 0 aliphatic heterocycles. The first-order chi connectivity index (χ1) is 8.77. The summed E-state index contributed by atoms with van der Waals surface area (Å²) < 4.78 is 3.93. The zero-order valence-electron chi connectivity index (χ0n) is 10.3. The number of pyridine rings is 1. The van der Waals surface area contributed by atoms with Gasteiger partial charge in [0.2, 0.25) is 0 Å². The van der Waals surface area contributed by atoms with E-state index >= 15 is 0 Å². The molecular weight excluding hydrogens is 226 g/mol. The van der Waals surface area contributed by atoms with Crippen LogP contribution in [0.15, 0.2) is 43.1 Å². The Kier molecular flexibility index (Phi) is 2.44. The number of imidazole rings is 2. The maximum Gasteiger partial charge on any atom is 0.159 e. The van der Waals surface area contributed by atoms with E-state index in [0.29, 0.717) is 0 Å². The Morgan fingerprint density at radius 3 is 2.11 bits per heavy atom. The SMILES string of the molecule is Cn1ccnc1-c1cccnc1-c1nccn1C. The van der Waals surface area contributed by atoms with Crippen LogP contribution in [0.25, 0.3) is 22.9 Å². The molecule has 5 heteroatoms. The van der Waals surface area contributed by atoms with Gasteiger partial charge in [0.1, 0.15) is 11.5 Å². The lowest BCUT2D eigenvalue weighted by atomic mass is 10.1. The van der Waals surface area contributed by atoms with Crippen molar-refractivity contribution in [3.8, 4) is 22.9 Å². The second-order valence-corrected chi connectivity index (χ2v) is 4.12. The maximum atomic E-state index is 4.44. The monoisotopic (exact) mass is 239 g/mol. The molecule has 0 fully saturated rings. The van der Waals surface area contributed by atoms with Crippen LogP contribution in [0.2, 0.25) is 0 Å². The van der Waals surface area contributed by atoms with Gasteiger partial charge in [-0.1, -0.05) is 0 Å². The maximum absolute atomic E-state index is 4.44. The third-order valence-corrected chi connectivity index (χ3v) is 2.90. The molecule has 0 aromatic carbocycles. The summed E-state index contributed by atoms with van der Waals surface area (Å²) in [5.41, 5.74) is 1.83. The standard InChI is InChI=1S/C13H13N5/c1-17-8-6-15-12(17)10-4-3-5-14-11(10)13-16-7-9-18(13)2/h3-9H,1-2H3. The number of rotatable bonds is 2. The minimum Gasteiger partial charge on any atom is -0.334 e. The van der Waals surface area contributed by atoms with Crippen LogP contribution < -0.4 is 0 Å². The van der Waals surface area contributed by atoms with Crippen molar-refractivity contribution in [1.29, 1.82) is 0 Å².